The number of carbonyl (C=O) groups excluding carboxylic acids is 3. The average molecular weight is 556 g/mol. The molecular weight excluding hydrogens is 526 g/mol. The minimum Gasteiger partial charge on any atom is -0.497 e. The Labute approximate surface area is 244 Å². The first kappa shape index (κ1) is 26.0. The monoisotopic (exact) mass is 555 g/mol. The first-order valence-electron chi connectivity index (χ1n) is 14.0. The van der Waals surface area contributed by atoms with Crippen LogP contribution in [0.4, 0.5) is 5.69 Å². The van der Waals surface area contributed by atoms with E-state index in [9.17, 15) is 14.4 Å². The second-order valence-corrected chi connectivity index (χ2v) is 11.1. The quantitative estimate of drug-likeness (QED) is 0.212. The number of aryl methyl sites for hydroxylation is 1. The van der Waals surface area contributed by atoms with E-state index in [1.54, 1.807) is 62.8 Å². The number of fused-ring (bicyclic) bond motifs is 5. The molecule has 0 bridgehead atoms. The van der Waals surface area contributed by atoms with E-state index in [-0.39, 0.29) is 17.3 Å². The van der Waals surface area contributed by atoms with Crippen LogP contribution in [0.1, 0.15) is 53.7 Å². The molecule has 4 aromatic rings. The number of hydrogen-bond acceptors (Lipinski definition) is 6. The molecule has 1 fully saturated rings. The molecule has 1 spiro atoms. The minimum absolute atomic E-state index is 0.193. The fraction of sp³-hybridized carbons (Fsp3) is 0.194. The van der Waals surface area contributed by atoms with Gasteiger partial charge in [0.1, 0.15) is 23.0 Å². The van der Waals surface area contributed by atoms with Crippen molar-refractivity contribution in [2.75, 3.05) is 19.1 Å². The zero-order valence-corrected chi connectivity index (χ0v) is 23.5. The summed E-state index contributed by atoms with van der Waals surface area (Å²) >= 11 is 0. The molecule has 0 aromatic heterocycles. The summed E-state index contributed by atoms with van der Waals surface area (Å²) < 4.78 is 11.0. The summed E-state index contributed by atoms with van der Waals surface area (Å²) in [7, 11) is 3.14. The lowest BCUT2D eigenvalue weighted by atomic mass is 9.64. The van der Waals surface area contributed by atoms with Crippen molar-refractivity contribution in [1.82, 2.24) is 0 Å². The number of methoxy groups -OCH3 is 2. The van der Waals surface area contributed by atoms with E-state index in [2.05, 4.69) is 6.07 Å². The smallest absolute Gasteiger partial charge is 0.186 e. The zero-order valence-electron chi connectivity index (χ0n) is 23.5. The zero-order chi connectivity index (χ0) is 29.2. The van der Waals surface area contributed by atoms with Crippen molar-refractivity contribution in [3.8, 4) is 11.5 Å². The summed E-state index contributed by atoms with van der Waals surface area (Å²) in [5.41, 5.74) is 3.20. The van der Waals surface area contributed by atoms with Crippen LogP contribution in [0.25, 0.3) is 6.08 Å². The number of Topliss-reactive ketones (excluding diaryl/α,β-unsaturated/α-hetero) is 3. The number of carbonyl (C=O) groups is 3. The molecule has 1 unspecified atom stereocenters. The Hall–Kier alpha value is -4.97. The first-order chi connectivity index (χ1) is 20.4. The van der Waals surface area contributed by atoms with E-state index in [0.29, 0.717) is 33.8 Å². The predicted octanol–water partition coefficient (Wildman–Crippen LogP) is 6.33. The van der Waals surface area contributed by atoms with Gasteiger partial charge >= 0.3 is 0 Å². The third-order valence-electron chi connectivity index (χ3n) is 9.04. The molecule has 6 nitrogen and oxygen atoms in total. The number of ether oxygens (including phenoxy) is 2. The van der Waals surface area contributed by atoms with Gasteiger partial charge in [-0.1, -0.05) is 72.3 Å². The lowest BCUT2D eigenvalue weighted by molar-refractivity contribution is 0.0665. The number of rotatable bonds is 5. The summed E-state index contributed by atoms with van der Waals surface area (Å²) in [6, 6.07) is 26.0. The van der Waals surface area contributed by atoms with Gasteiger partial charge in [0.25, 0.3) is 0 Å². The SMILES string of the molecule is COc1cccc(C(=O)[C@H]2[C@H](c3cccc(OC)c3)C3(C(=O)c4ccccc4C3=O)C3C=Cc4cc(C)ccc4N32)c1. The van der Waals surface area contributed by atoms with Gasteiger partial charge in [0.05, 0.1) is 20.3 Å². The molecule has 2 aliphatic heterocycles. The Bertz CT molecular complexity index is 1790. The number of hydrogen-bond donors (Lipinski definition) is 0. The largest absolute Gasteiger partial charge is 0.497 e. The fourth-order valence-electron chi connectivity index (χ4n) is 7.25. The Morgan fingerprint density at radius 1 is 0.786 bits per heavy atom. The van der Waals surface area contributed by atoms with Crippen LogP contribution in [0.15, 0.2) is 97.1 Å². The van der Waals surface area contributed by atoms with Gasteiger partial charge in [-0.05, 0) is 54.4 Å². The summed E-state index contributed by atoms with van der Waals surface area (Å²) in [6.07, 6.45) is 3.92. The molecule has 0 radical (unpaired) electrons. The standard InChI is InChI=1S/C36H29NO5/c1-21-14-16-29-22(18-21)15-17-30-36(34(39)27-12-4-5-13-28(27)35(36)40)31(23-8-6-10-25(19-23)41-2)32(37(29)30)33(38)24-9-7-11-26(20-24)42-3/h4-20,30-32H,1-3H3/t30?,31-,32+/m0/s1. The van der Waals surface area contributed by atoms with Crippen LogP contribution >= 0.6 is 0 Å². The van der Waals surface area contributed by atoms with Crippen molar-refractivity contribution < 1.29 is 23.9 Å². The van der Waals surface area contributed by atoms with E-state index in [1.807, 2.05) is 60.4 Å². The maximum atomic E-state index is 14.8. The van der Waals surface area contributed by atoms with Crippen molar-refractivity contribution in [2.24, 2.45) is 5.41 Å². The van der Waals surface area contributed by atoms with Crippen LogP contribution in [-0.2, 0) is 0 Å². The third-order valence-corrected chi connectivity index (χ3v) is 9.04. The van der Waals surface area contributed by atoms with E-state index >= 15 is 0 Å². The van der Waals surface area contributed by atoms with Crippen LogP contribution in [0.3, 0.4) is 0 Å². The van der Waals surface area contributed by atoms with Crippen LogP contribution in [0, 0.1) is 12.3 Å². The lowest BCUT2D eigenvalue weighted by Gasteiger charge is -2.37. The molecule has 7 rings (SSSR count). The molecule has 42 heavy (non-hydrogen) atoms. The van der Waals surface area contributed by atoms with Crippen molar-refractivity contribution in [2.45, 2.75) is 24.9 Å². The second kappa shape index (κ2) is 9.55. The van der Waals surface area contributed by atoms with Crippen molar-refractivity contribution >= 4 is 29.1 Å². The first-order valence-corrected chi connectivity index (χ1v) is 14.0. The lowest BCUT2D eigenvalue weighted by Crippen LogP contribution is -2.48. The highest BCUT2D eigenvalue weighted by molar-refractivity contribution is 6.32. The maximum absolute atomic E-state index is 14.8. The highest BCUT2D eigenvalue weighted by Gasteiger charge is 2.71. The summed E-state index contributed by atoms with van der Waals surface area (Å²) in [4.78, 5) is 46.4. The van der Waals surface area contributed by atoms with Crippen molar-refractivity contribution in [3.05, 3.63) is 130 Å². The molecule has 0 amide bonds. The van der Waals surface area contributed by atoms with Crippen LogP contribution in [-0.4, -0.2) is 43.7 Å². The van der Waals surface area contributed by atoms with Gasteiger partial charge in [-0.25, -0.2) is 0 Å². The highest BCUT2D eigenvalue weighted by Crippen LogP contribution is 2.61. The fourth-order valence-corrected chi connectivity index (χ4v) is 7.25. The van der Waals surface area contributed by atoms with Crippen LogP contribution in [0.5, 0.6) is 11.5 Å². The highest BCUT2D eigenvalue weighted by atomic mass is 16.5. The molecule has 0 N–H and O–H groups in total. The summed E-state index contributed by atoms with van der Waals surface area (Å²) in [5, 5.41) is 0. The van der Waals surface area contributed by atoms with E-state index in [0.717, 1.165) is 16.8 Å². The third kappa shape index (κ3) is 3.48. The minimum atomic E-state index is -1.56. The summed E-state index contributed by atoms with van der Waals surface area (Å²) in [6.45, 7) is 2.02. The van der Waals surface area contributed by atoms with E-state index < -0.39 is 23.4 Å². The van der Waals surface area contributed by atoms with Gasteiger partial charge in [-0.15, -0.1) is 0 Å². The van der Waals surface area contributed by atoms with E-state index in [1.165, 1.54) is 0 Å². The molecule has 1 aliphatic carbocycles. The second-order valence-electron chi connectivity index (χ2n) is 11.1. The number of nitrogens with zero attached hydrogens (tertiary/aromatic N) is 1. The normalized spacial score (nSPS) is 21.2. The van der Waals surface area contributed by atoms with E-state index in [4.69, 9.17) is 9.47 Å². The van der Waals surface area contributed by atoms with Gasteiger partial charge in [0.15, 0.2) is 17.3 Å². The van der Waals surface area contributed by atoms with Gasteiger partial charge in [0.2, 0.25) is 0 Å². The average Bonchev–Trinajstić information content (AvgIpc) is 3.46. The van der Waals surface area contributed by atoms with Crippen LogP contribution in [0.2, 0.25) is 0 Å². The molecule has 3 aliphatic rings. The van der Waals surface area contributed by atoms with Crippen molar-refractivity contribution in [3.63, 3.8) is 0 Å². The van der Waals surface area contributed by atoms with Crippen molar-refractivity contribution in [1.29, 1.82) is 0 Å². The molecule has 1 saturated heterocycles. The number of ketones is 3. The molecule has 3 atom stereocenters. The van der Waals surface area contributed by atoms with Crippen LogP contribution < -0.4 is 14.4 Å². The molecule has 0 saturated carbocycles. The van der Waals surface area contributed by atoms with Gasteiger partial charge in [-0.3, -0.25) is 14.4 Å². The number of anilines is 1. The Balaban J connectivity index is 1.55. The Morgan fingerprint density at radius 2 is 1.45 bits per heavy atom. The Morgan fingerprint density at radius 3 is 2.14 bits per heavy atom. The predicted molar refractivity (Wildman–Crippen MR) is 161 cm³/mol. The maximum Gasteiger partial charge on any atom is 0.186 e. The van der Waals surface area contributed by atoms with Gasteiger partial charge < -0.3 is 14.4 Å². The molecule has 2 heterocycles. The molecule has 4 aromatic carbocycles. The van der Waals surface area contributed by atoms with Gasteiger partial charge in [0, 0.05) is 28.3 Å². The number of benzene rings is 4. The Kier molecular flexibility index (Phi) is 5.91. The van der Waals surface area contributed by atoms with Gasteiger partial charge in [-0.2, -0.15) is 0 Å². The molecule has 6 heteroatoms. The molecule has 208 valence electrons. The summed E-state index contributed by atoms with van der Waals surface area (Å²) in [5.74, 6) is -0.373. The topological polar surface area (TPSA) is 72.9 Å². The molecular formula is C36H29NO5.